The maximum atomic E-state index is 12.6. The molecule has 0 aromatic carbocycles. The minimum absolute atomic E-state index is 0.000436. The molecule has 0 spiro atoms. The van der Waals surface area contributed by atoms with Gasteiger partial charge in [0.15, 0.2) is 0 Å². The Hall–Kier alpha value is -2.33. The molecule has 0 radical (unpaired) electrons. The second kappa shape index (κ2) is 40.9. The van der Waals surface area contributed by atoms with Gasteiger partial charge in [-0.3, -0.25) is 18.6 Å². The zero-order valence-corrected chi connectivity index (χ0v) is 36.1. The third-order valence-electron chi connectivity index (χ3n) is 9.03. The van der Waals surface area contributed by atoms with Crippen molar-refractivity contribution >= 4 is 19.8 Å². The Labute approximate surface area is 341 Å². The summed E-state index contributed by atoms with van der Waals surface area (Å²) in [7, 11) is -4.63. The van der Waals surface area contributed by atoms with E-state index in [1.165, 1.54) is 70.6 Å². The minimum atomic E-state index is -4.63. The SMILES string of the molecule is CC/C=C\C/C=C\C/C=C\C/C=C\CCCCCCC(=O)OC(COCCCCCCCC/C=C\CCCCCCCCC)COP(=O)(O)OCC(N)C(=O)O. The Morgan fingerprint density at radius 1 is 0.589 bits per heavy atom. The molecule has 0 rings (SSSR count). The van der Waals surface area contributed by atoms with Crippen LogP contribution in [0.5, 0.6) is 0 Å². The van der Waals surface area contributed by atoms with Crippen LogP contribution in [0.2, 0.25) is 0 Å². The van der Waals surface area contributed by atoms with Crippen LogP contribution in [0, 0.1) is 0 Å². The van der Waals surface area contributed by atoms with E-state index in [9.17, 15) is 19.0 Å². The summed E-state index contributed by atoms with van der Waals surface area (Å²) in [6, 6.07) is -1.48. The fourth-order valence-corrected chi connectivity index (χ4v) is 6.43. The molecule has 0 saturated heterocycles. The first-order valence-corrected chi connectivity index (χ1v) is 23.3. The number of carbonyl (C=O) groups excluding carboxylic acids is 1. The highest BCUT2D eigenvalue weighted by Gasteiger charge is 2.27. The summed E-state index contributed by atoms with van der Waals surface area (Å²) < 4.78 is 33.3. The van der Waals surface area contributed by atoms with Crippen LogP contribution in [0.1, 0.15) is 174 Å². The van der Waals surface area contributed by atoms with E-state index >= 15 is 0 Å². The van der Waals surface area contributed by atoms with E-state index in [2.05, 4.69) is 74.6 Å². The molecule has 0 bridgehead atoms. The van der Waals surface area contributed by atoms with Gasteiger partial charge in [-0.1, -0.05) is 152 Å². The van der Waals surface area contributed by atoms with Crippen LogP contribution < -0.4 is 5.73 Å². The molecule has 11 heteroatoms. The number of ether oxygens (including phenoxy) is 2. The Balaban J connectivity index is 4.30. The summed E-state index contributed by atoms with van der Waals surface area (Å²) in [5.41, 5.74) is 5.35. The molecule has 10 nitrogen and oxygen atoms in total. The van der Waals surface area contributed by atoms with Gasteiger partial charge in [0.05, 0.1) is 19.8 Å². The number of hydrogen-bond donors (Lipinski definition) is 3. The largest absolute Gasteiger partial charge is 0.480 e. The number of aliphatic carboxylic acids is 1. The fraction of sp³-hybridized carbons (Fsp3) is 0.733. The molecule has 0 fully saturated rings. The number of carboxylic acids is 1. The Bertz CT molecular complexity index is 1120. The zero-order valence-electron chi connectivity index (χ0n) is 35.2. The maximum Gasteiger partial charge on any atom is 0.472 e. The Kier molecular flexibility index (Phi) is 39.2. The second-order valence-electron chi connectivity index (χ2n) is 14.4. The van der Waals surface area contributed by atoms with Crippen molar-refractivity contribution in [2.24, 2.45) is 5.73 Å². The molecule has 0 aromatic rings. The highest BCUT2D eigenvalue weighted by molar-refractivity contribution is 7.47. The lowest BCUT2D eigenvalue weighted by Gasteiger charge is -2.20. The van der Waals surface area contributed by atoms with Crippen LogP contribution in [0.25, 0.3) is 0 Å². The lowest BCUT2D eigenvalue weighted by Crippen LogP contribution is -2.34. The smallest absolute Gasteiger partial charge is 0.472 e. The van der Waals surface area contributed by atoms with Crippen molar-refractivity contribution in [3.8, 4) is 0 Å². The van der Waals surface area contributed by atoms with Gasteiger partial charge in [0.25, 0.3) is 0 Å². The Morgan fingerprint density at radius 2 is 1.04 bits per heavy atom. The summed E-state index contributed by atoms with van der Waals surface area (Å²) in [6.45, 7) is 3.71. The molecule has 0 saturated carbocycles. The maximum absolute atomic E-state index is 12.6. The molecular formula is C45H80NO9P. The van der Waals surface area contributed by atoms with Gasteiger partial charge in [-0.25, -0.2) is 4.57 Å². The number of carboxylic acid groups (broad SMARTS) is 1. The second-order valence-corrected chi connectivity index (χ2v) is 15.9. The van der Waals surface area contributed by atoms with Crippen LogP contribution in [0.15, 0.2) is 60.8 Å². The molecule has 3 unspecified atom stereocenters. The molecule has 56 heavy (non-hydrogen) atoms. The van der Waals surface area contributed by atoms with Gasteiger partial charge in [0, 0.05) is 13.0 Å². The average Bonchev–Trinajstić information content (AvgIpc) is 3.18. The van der Waals surface area contributed by atoms with E-state index in [-0.39, 0.29) is 13.0 Å². The minimum Gasteiger partial charge on any atom is -0.480 e. The van der Waals surface area contributed by atoms with Crippen molar-refractivity contribution in [3.63, 3.8) is 0 Å². The van der Waals surface area contributed by atoms with Crippen LogP contribution >= 0.6 is 7.82 Å². The van der Waals surface area contributed by atoms with E-state index in [4.69, 9.17) is 29.4 Å². The topological polar surface area (TPSA) is 155 Å². The van der Waals surface area contributed by atoms with Crippen molar-refractivity contribution in [2.75, 3.05) is 26.4 Å². The Morgan fingerprint density at radius 3 is 1.57 bits per heavy atom. The molecular weight excluding hydrogens is 729 g/mol. The number of phosphoric ester groups is 1. The number of phosphoric acid groups is 1. The molecule has 324 valence electrons. The van der Waals surface area contributed by atoms with Gasteiger partial charge in [-0.15, -0.1) is 0 Å². The van der Waals surface area contributed by atoms with Crippen molar-refractivity contribution < 1.29 is 42.7 Å². The van der Waals surface area contributed by atoms with Gasteiger partial charge in [0.2, 0.25) is 0 Å². The monoisotopic (exact) mass is 810 g/mol. The molecule has 0 amide bonds. The first-order valence-electron chi connectivity index (χ1n) is 21.8. The van der Waals surface area contributed by atoms with E-state index in [0.717, 1.165) is 77.0 Å². The highest BCUT2D eigenvalue weighted by Crippen LogP contribution is 2.43. The van der Waals surface area contributed by atoms with Gasteiger partial charge < -0.3 is 25.2 Å². The van der Waals surface area contributed by atoms with Crippen LogP contribution in [0.4, 0.5) is 0 Å². The van der Waals surface area contributed by atoms with Gasteiger partial charge in [-0.05, 0) is 77.0 Å². The predicted octanol–water partition coefficient (Wildman–Crippen LogP) is 12.0. The summed E-state index contributed by atoms with van der Waals surface area (Å²) in [5.74, 6) is -1.81. The standard InChI is InChI=1S/C45H80NO9P/c1-3-5-7-9-11-13-15-17-19-21-23-25-27-29-31-33-35-37-44(47)55-42(40-53-56(50,51)54-41-43(46)45(48)49)39-52-38-36-34-32-30-28-26-24-22-20-18-16-14-12-10-8-6-4-2/h5,7,11,13,17,19-20,22-23,25,42-43H,3-4,6,8-10,12,14-16,18,21,24,26-41,46H2,1-2H3,(H,48,49)(H,50,51)/b7-5-,13-11-,19-17-,22-20-,25-23-. The number of esters is 1. The van der Waals surface area contributed by atoms with E-state index in [0.29, 0.717) is 13.0 Å². The summed E-state index contributed by atoms with van der Waals surface area (Å²) in [4.78, 5) is 33.5. The van der Waals surface area contributed by atoms with Gasteiger partial charge in [-0.2, -0.15) is 0 Å². The number of rotatable bonds is 41. The number of carbonyl (C=O) groups is 2. The lowest BCUT2D eigenvalue weighted by molar-refractivity contribution is -0.154. The summed E-state index contributed by atoms with van der Waals surface area (Å²) in [6.07, 6.45) is 48.4. The van der Waals surface area contributed by atoms with E-state index in [1.807, 2.05) is 0 Å². The summed E-state index contributed by atoms with van der Waals surface area (Å²) in [5, 5.41) is 8.89. The molecule has 3 atom stereocenters. The van der Waals surface area contributed by atoms with Crippen molar-refractivity contribution in [2.45, 2.75) is 187 Å². The zero-order chi connectivity index (χ0) is 41.2. The number of unbranched alkanes of at least 4 members (excludes halogenated alkanes) is 17. The molecule has 0 aliphatic carbocycles. The van der Waals surface area contributed by atoms with Gasteiger partial charge in [0.1, 0.15) is 12.1 Å². The van der Waals surface area contributed by atoms with Crippen LogP contribution in [-0.4, -0.2) is 60.5 Å². The van der Waals surface area contributed by atoms with Crippen LogP contribution in [-0.2, 0) is 32.7 Å². The third kappa shape index (κ3) is 39.9. The van der Waals surface area contributed by atoms with Crippen molar-refractivity contribution in [3.05, 3.63) is 60.8 Å². The normalized spacial score (nSPS) is 14.5. The average molecular weight is 810 g/mol. The predicted molar refractivity (Wildman–Crippen MR) is 231 cm³/mol. The van der Waals surface area contributed by atoms with E-state index < -0.39 is 45.1 Å². The number of allylic oxidation sites excluding steroid dienone is 10. The van der Waals surface area contributed by atoms with Gasteiger partial charge >= 0.3 is 19.8 Å². The van der Waals surface area contributed by atoms with E-state index in [1.54, 1.807) is 0 Å². The third-order valence-corrected chi connectivity index (χ3v) is 9.98. The molecule has 0 aliphatic rings. The number of nitrogens with two attached hydrogens (primary N) is 1. The molecule has 0 heterocycles. The quantitative estimate of drug-likeness (QED) is 0.0235. The highest BCUT2D eigenvalue weighted by atomic mass is 31.2. The van der Waals surface area contributed by atoms with Crippen molar-refractivity contribution in [1.29, 1.82) is 0 Å². The van der Waals surface area contributed by atoms with Crippen LogP contribution in [0.3, 0.4) is 0 Å². The first-order chi connectivity index (χ1) is 27.2. The first kappa shape index (κ1) is 53.7. The molecule has 4 N–H and O–H groups in total. The number of hydrogen-bond acceptors (Lipinski definition) is 8. The fourth-order valence-electron chi connectivity index (χ4n) is 5.65. The molecule has 0 aliphatic heterocycles. The van der Waals surface area contributed by atoms with Crippen molar-refractivity contribution in [1.82, 2.24) is 0 Å². The summed E-state index contributed by atoms with van der Waals surface area (Å²) >= 11 is 0. The lowest BCUT2D eigenvalue weighted by atomic mass is 10.1. The molecule has 0 aromatic heterocycles.